The molecular formula is C16H15N3O3S. The number of carbonyl (C=O) groups is 2. The van der Waals surface area contributed by atoms with Crippen molar-refractivity contribution in [2.45, 2.75) is 26.4 Å². The van der Waals surface area contributed by atoms with Crippen LogP contribution in [0.5, 0.6) is 0 Å². The minimum absolute atomic E-state index is 0.244. The van der Waals surface area contributed by atoms with Crippen LogP contribution >= 0.6 is 11.5 Å². The van der Waals surface area contributed by atoms with Crippen LogP contribution in [0.3, 0.4) is 0 Å². The predicted molar refractivity (Wildman–Crippen MR) is 86.8 cm³/mol. The number of Topliss-reactive ketones (excluding diaryl/α,β-unsaturated/α-hetero) is 1. The highest BCUT2D eigenvalue weighted by Crippen LogP contribution is 2.21. The van der Waals surface area contributed by atoms with E-state index in [2.05, 4.69) is 14.6 Å². The van der Waals surface area contributed by atoms with Gasteiger partial charge >= 0.3 is 5.97 Å². The van der Waals surface area contributed by atoms with Gasteiger partial charge in [-0.15, -0.1) is 5.10 Å². The third-order valence-corrected chi connectivity index (χ3v) is 4.33. The maximum Gasteiger partial charge on any atom is 0.352 e. The van der Waals surface area contributed by atoms with E-state index in [1.165, 1.54) is 0 Å². The number of nitrogens with zero attached hydrogens (tertiary/aromatic N) is 2. The van der Waals surface area contributed by atoms with Gasteiger partial charge in [-0.2, -0.15) is 0 Å². The smallest absolute Gasteiger partial charge is 0.352 e. The quantitative estimate of drug-likeness (QED) is 0.574. The Labute approximate surface area is 136 Å². The van der Waals surface area contributed by atoms with Crippen LogP contribution in [0.2, 0.25) is 0 Å². The van der Waals surface area contributed by atoms with Gasteiger partial charge in [-0.3, -0.25) is 4.79 Å². The van der Waals surface area contributed by atoms with E-state index in [1.807, 2.05) is 31.2 Å². The van der Waals surface area contributed by atoms with Gasteiger partial charge < -0.3 is 9.72 Å². The van der Waals surface area contributed by atoms with E-state index in [4.69, 9.17) is 4.74 Å². The number of hydrogen-bond acceptors (Lipinski definition) is 6. The molecule has 0 fully saturated rings. The van der Waals surface area contributed by atoms with Crippen molar-refractivity contribution in [2.24, 2.45) is 0 Å². The third-order valence-electron chi connectivity index (χ3n) is 3.58. The number of fused-ring (bicyclic) bond motifs is 1. The molecule has 0 aliphatic heterocycles. The fourth-order valence-electron chi connectivity index (χ4n) is 2.36. The number of nitrogens with one attached hydrogen (secondary N) is 1. The normalized spacial score (nSPS) is 12.3. The lowest BCUT2D eigenvalue weighted by atomic mass is 10.1. The van der Waals surface area contributed by atoms with Crippen LogP contribution in [0, 0.1) is 0 Å². The molecule has 1 N–H and O–H groups in total. The van der Waals surface area contributed by atoms with Gasteiger partial charge in [-0.25, -0.2) is 4.79 Å². The Bertz CT molecular complexity index is 868. The molecule has 0 bridgehead atoms. The van der Waals surface area contributed by atoms with E-state index < -0.39 is 12.1 Å². The Morgan fingerprint density at radius 1 is 1.35 bits per heavy atom. The summed E-state index contributed by atoms with van der Waals surface area (Å²) in [5.74, 6) is -0.802. The molecule has 7 heteroatoms. The summed E-state index contributed by atoms with van der Waals surface area (Å²) >= 11 is 0.983. The minimum Gasteiger partial charge on any atom is -0.450 e. The van der Waals surface area contributed by atoms with E-state index in [0.717, 1.165) is 22.4 Å². The Morgan fingerprint density at radius 3 is 2.91 bits per heavy atom. The zero-order chi connectivity index (χ0) is 16.4. The number of aromatic amines is 1. The van der Waals surface area contributed by atoms with Gasteiger partial charge in [-0.1, -0.05) is 29.6 Å². The summed E-state index contributed by atoms with van der Waals surface area (Å²) in [7, 11) is 0. The number of H-pyrrole nitrogens is 1. The van der Waals surface area contributed by atoms with Crippen molar-refractivity contribution in [1.29, 1.82) is 0 Å². The van der Waals surface area contributed by atoms with Crippen molar-refractivity contribution >= 4 is 34.2 Å². The number of aromatic nitrogens is 3. The highest BCUT2D eigenvalue weighted by atomic mass is 32.1. The van der Waals surface area contributed by atoms with Crippen molar-refractivity contribution in [3.8, 4) is 0 Å². The molecule has 0 saturated carbocycles. The Balaban J connectivity index is 1.79. The van der Waals surface area contributed by atoms with Gasteiger partial charge in [0.15, 0.2) is 11.0 Å². The van der Waals surface area contributed by atoms with Gasteiger partial charge in [-0.05, 0) is 30.9 Å². The number of ketones is 1. The number of para-hydroxylation sites is 1. The van der Waals surface area contributed by atoms with Crippen molar-refractivity contribution in [2.75, 3.05) is 0 Å². The number of benzene rings is 1. The highest BCUT2D eigenvalue weighted by Gasteiger charge is 2.25. The number of ether oxygens (including phenoxy) is 1. The van der Waals surface area contributed by atoms with E-state index in [-0.39, 0.29) is 5.78 Å². The molecule has 0 amide bonds. The van der Waals surface area contributed by atoms with Crippen LogP contribution in [0.1, 0.15) is 39.6 Å². The van der Waals surface area contributed by atoms with Gasteiger partial charge in [0.2, 0.25) is 5.78 Å². The average molecular weight is 329 g/mol. The molecule has 0 unspecified atom stereocenters. The molecule has 2 heterocycles. The van der Waals surface area contributed by atoms with Crippen molar-refractivity contribution in [3.05, 3.63) is 46.6 Å². The first kappa shape index (κ1) is 15.4. The molecule has 0 aliphatic rings. The van der Waals surface area contributed by atoms with Crippen LogP contribution in [-0.4, -0.2) is 32.4 Å². The monoisotopic (exact) mass is 329 g/mol. The summed E-state index contributed by atoms with van der Waals surface area (Å²) in [5, 5.41) is 4.69. The first-order valence-electron chi connectivity index (χ1n) is 7.24. The summed E-state index contributed by atoms with van der Waals surface area (Å²) < 4.78 is 9.06. The SMILES string of the molecule is CCc1nnsc1C(=O)O[C@@H](C)C(=O)c1c[nH]c2ccccc12. The maximum atomic E-state index is 12.6. The molecule has 0 aliphatic carbocycles. The topological polar surface area (TPSA) is 84.9 Å². The molecule has 1 atom stereocenters. The number of carbonyl (C=O) groups excluding carboxylic acids is 2. The molecule has 0 radical (unpaired) electrons. The fraction of sp³-hybridized carbons (Fsp3) is 0.250. The van der Waals surface area contributed by atoms with Crippen LogP contribution < -0.4 is 0 Å². The Hall–Kier alpha value is -2.54. The van der Waals surface area contributed by atoms with E-state index >= 15 is 0 Å². The summed E-state index contributed by atoms with van der Waals surface area (Å²) in [6, 6.07) is 7.50. The first-order chi connectivity index (χ1) is 11.1. The molecule has 23 heavy (non-hydrogen) atoms. The lowest BCUT2D eigenvalue weighted by Gasteiger charge is -2.11. The minimum atomic E-state index is -0.881. The van der Waals surface area contributed by atoms with Crippen LogP contribution in [0.15, 0.2) is 30.5 Å². The summed E-state index contributed by atoms with van der Waals surface area (Å²) in [6.45, 7) is 3.45. The van der Waals surface area contributed by atoms with Gasteiger partial charge in [0.25, 0.3) is 0 Å². The lowest BCUT2D eigenvalue weighted by Crippen LogP contribution is -2.24. The molecule has 1 aromatic carbocycles. The molecular weight excluding hydrogens is 314 g/mol. The molecule has 118 valence electrons. The van der Waals surface area contributed by atoms with Gasteiger partial charge in [0, 0.05) is 22.7 Å². The molecule has 2 aromatic heterocycles. The van der Waals surface area contributed by atoms with E-state index in [1.54, 1.807) is 13.1 Å². The summed E-state index contributed by atoms with van der Waals surface area (Å²) in [4.78, 5) is 28.1. The molecule has 0 spiro atoms. The highest BCUT2D eigenvalue weighted by molar-refractivity contribution is 7.07. The predicted octanol–water partition coefficient (Wildman–Crippen LogP) is 3.01. The Kier molecular flexibility index (Phi) is 4.20. The number of aryl methyl sites for hydroxylation is 1. The van der Waals surface area contributed by atoms with E-state index in [0.29, 0.717) is 22.6 Å². The number of rotatable bonds is 5. The standard InChI is InChI=1S/C16H15N3O3S/c1-3-12-15(23-19-18-12)16(21)22-9(2)14(20)11-8-17-13-7-5-4-6-10(11)13/h4-9,17H,3H2,1-2H3/t9-/m0/s1. The molecule has 6 nitrogen and oxygen atoms in total. The second-order valence-electron chi connectivity index (χ2n) is 5.06. The Morgan fingerprint density at radius 2 is 2.13 bits per heavy atom. The van der Waals surface area contributed by atoms with Crippen molar-refractivity contribution in [3.63, 3.8) is 0 Å². The van der Waals surface area contributed by atoms with Crippen LogP contribution in [0.25, 0.3) is 10.9 Å². The summed E-state index contributed by atoms with van der Waals surface area (Å²) in [5.41, 5.74) is 1.97. The second-order valence-corrected chi connectivity index (χ2v) is 5.82. The van der Waals surface area contributed by atoms with E-state index in [9.17, 15) is 9.59 Å². The maximum absolute atomic E-state index is 12.6. The number of esters is 1. The number of hydrogen-bond donors (Lipinski definition) is 1. The van der Waals surface area contributed by atoms with Crippen molar-refractivity contribution in [1.82, 2.24) is 14.6 Å². The van der Waals surface area contributed by atoms with Crippen LogP contribution in [0.4, 0.5) is 0 Å². The third kappa shape index (κ3) is 2.87. The zero-order valence-corrected chi connectivity index (χ0v) is 13.5. The zero-order valence-electron chi connectivity index (χ0n) is 12.7. The first-order valence-corrected chi connectivity index (χ1v) is 8.01. The lowest BCUT2D eigenvalue weighted by molar-refractivity contribution is 0.0323. The van der Waals surface area contributed by atoms with Gasteiger partial charge in [0.05, 0.1) is 5.69 Å². The molecule has 0 saturated heterocycles. The molecule has 3 aromatic rings. The van der Waals surface area contributed by atoms with Crippen molar-refractivity contribution < 1.29 is 14.3 Å². The van der Waals surface area contributed by atoms with Crippen LogP contribution in [-0.2, 0) is 11.2 Å². The second kappa shape index (κ2) is 6.29. The van der Waals surface area contributed by atoms with Gasteiger partial charge in [0.1, 0.15) is 0 Å². The fourth-order valence-corrected chi connectivity index (χ4v) is 2.99. The summed E-state index contributed by atoms with van der Waals surface area (Å²) in [6.07, 6.45) is 1.35. The molecule has 3 rings (SSSR count). The average Bonchev–Trinajstić information content (AvgIpc) is 3.20. The largest absolute Gasteiger partial charge is 0.450 e.